The molecule has 1 rings (SSSR count). The van der Waals surface area contributed by atoms with Gasteiger partial charge in [-0.2, -0.15) is 0 Å². The van der Waals surface area contributed by atoms with Gasteiger partial charge in [-0.25, -0.2) is 4.39 Å². The first-order chi connectivity index (χ1) is 6.24. The molecule has 0 aliphatic rings. The molecule has 0 aliphatic carbocycles. The minimum absolute atomic E-state index is 0.0805. The van der Waals surface area contributed by atoms with E-state index in [1.54, 1.807) is 0 Å². The summed E-state index contributed by atoms with van der Waals surface area (Å²) in [5.74, 6) is 0. The largest absolute Gasteiger partial charge is 0.372 e. The smallest absolute Gasteiger partial charge is 0.130 e. The molecule has 0 aromatic heterocycles. The zero-order chi connectivity index (χ0) is 9.68. The number of halogens is 1. The fourth-order valence-electron chi connectivity index (χ4n) is 1.16. The third-order valence-electron chi connectivity index (χ3n) is 1.92. The molecule has 0 saturated heterocycles. The Kier molecular flexibility index (Phi) is 3.71. The maximum absolute atomic E-state index is 12.9. The molecule has 3 heteroatoms. The van der Waals surface area contributed by atoms with E-state index in [4.69, 9.17) is 5.73 Å². The van der Waals surface area contributed by atoms with Gasteiger partial charge in [-0.1, -0.05) is 18.2 Å². The summed E-state index contributed by atoms with van der Waals surface area (Å²) in [7, 11) is 1.86. The van der Waals surface area contributed by atoms with Crippen molar-refractivity contribution in [1.29, 1.82) is 0 Å². The highest BCUT2D eigenvalue weighted by molar-refractivity contribution is 5.45. The number of anilines is 1. The van der Waals surface area contributed by atoms with Gasteiger partial charge < -0.3 is 10.6 Å². The average Bonchev–Trinajstić information content (AvgIpc) is 2.19. The molecule has 0 amide bonds. The summed E-state index contributed by atoms with van der Waals surface area (Å²) < 4.78 is 12.9. The number of nitrogens with zero attached hydrogens (tertiary/aromatic N) is 1. The SMILES string of the molecule is CN(CC(F)CN)c1ccccc1. The first-order valence-corrected chi connectivity index (χ1v) is 4.34. The van der Waals surface area contributed by atoms with Gasteiger partial charge in [0.2, 0.25) is 0 Å². The first-order valence-electron chi connectivity index (χ1n) is 4.34. The number of benzene rings is 1. The lowest BCUT2D eigenvalue weighted by Crippen LogP contribution is -2.31. The van der Waals surface area contributed by atoms with Crippen LogP contribution >= 0.6 is 0 Å². The number of hydrogen-bond donors (Lipinski definition) is 1. The van der Waals surface area contributed by atoms with Crippen molar-refractivity contribution in [3.05, 3.63) is 30.3 Å². The number of hydrogen-bond acceptors (Lipinski definition) is 2. The van der Waals surface area contributed by atoms with Crippen molar-refractivity contribution in [2.24, 2.45) is 5.73 Å². The lowest BCUT2D eigenvalue weighted by Gasteiger charge is -2.20. The molecular weight excluding hydrogens is 167 g/mol. The van der Waals surface area contributed by atoms with Gasteiger partial charge >= 0.3 is 0 Å². The predicted octanol–water partition coefficient (Wildman–Crippen LogP) is 1.42. The maximum Gasteiger partial charge on any atom is 0.130 e. The van der Waals surface area contributed by atoms with Crippen LogP contribution in [0.2, 0.25) is 0 Å². The Balaban J connectivity index is 2.53. The zero-order valence-corrected chi connectivity index (χ0v) is 7.78. The van der Waals surface area contributed by atoms with Crippen molar-refractivity contribution in [3.63, 3.8) is 0 Å². The van der Waals surface area contributed by atoms with Crippen LogP contribution in [0.3, 0.4) is 0 Å². The van der Waals surface area contributed by atoms with Gasteiger partial charge in [-0.05, 0) is 12.1 Å². The van der Waals surface area contributed by atoms with Crippen LogP contribution in [-0.4, -0.2) is 26.3 Å². The molecule has 0 radical (unpaired) electrons. The minimum Gasteiger partial charge on any atom is -0.372 e. The molecule has 1 atom stereocenters. The Bertz CT molecular complexity index is 238. The summed E-state index contributed by atoms with van der Waals surface area (Å²) in [6.45, 7) is 0.428. The van der Waals surface area contributed by atoms with Crippen molar-refractivity contribution >= 4 is 5.69 Å². The standard InChI is InChI=1S/C10H15FN2/c1-13(8-9(11)7-12)10-5-3-2-4-6-10/h2-6,9H,7-8,12H2,1H3. The number of alkyl halides is 1. The molecule has 0 saturated carbocycles. The second kappa shape index (κ2) is 4.82. The van der Waals surface area contributed by atoms with Crippen LogP contribution in [0.1, 0.15) is 0 Å². The molecule has 0 fully saturated rings. The van der Waals surface area contributed by atoms with Crippen LogP contribution < -0.4 is 10.6 Å². The molecule has 2 nitrogen and oxygen atoms in total. The van der Waals surface area contributed by atoms with E-state index in [9.17, 15) is 4.39 Å². The number of para-hydroxylation sites is 1. The molecular formula is C10H15FN2. The van der Waals surface area contributed by atoms with Gasteiger partial charge in [-0.3, -0.25) is 0 Å². The lowest BCUT2D eigenvalue weighted by atomic mass is 10.3. The van der Waals surface area contributed by atoms with Crippen LogP contribution in [-0.2, 0) is 0 Å². The van der Waals surface area contributed by atoms with E-state index in [-0.39, 0.29) is 6.54 Å². The zero-order valence-electron chi connectivity index (χ0n) is 7.78. The monoisotopic (exact) mass is 182 g/mol. The van der Waals surface area contributed by atoms with E-state index in [0.717, 1.165) is 5.69 Å². The van der Waals surface area contributed by atoms with Crippen LogP contribution in [0.5, 0.6) is 0 Å². The molecule has 0 heterocycles. The fraction of sp³-hybridized carbons (Fsp3) is 0.400. The third kappa shape index (κ3) is 3.03. The van der Waals surface area contributed by atoms with Gasteiger partial charge in [0.1, 0.15) is 6.17 Å². The molecule has 1 unspecified atom stereocenters. The van der Waals surface area contributed by atoms with Crippen LogP contribution in [0.15, 0.2) is 30.3 Å². The highest BCUT2D eigenvalue weighted by Crippen LogP contribution is 2.11. The molecule has 1 aromatic rings. The van der Waals surface area contributed by atoms with Gasteiger partial charge in [0.25, 0.3) is 0 Å². The van der Waals surface area contributed by atoms with Crippen molar-refractivity contribution in [2.75, 3.05) is 25.0 Å². The van der Waals surface area contributed by atoms with Crippen LogP contribution in [0.25, 0.3) is 0 Å². The van der Waals surface area contributed by atoms with Crippen LogP contribution in [0.4, 0.5) is 10.1 Å². The Morgan fingerprint density at radius 2 is 2.00 bits per heavy atom. The quantitative estimate of drug-likeness (QED) is 0.763. The Hall–Kier alpha value is -1.09. The van der Waals surface area contributed by atoms with Gasteiger partial charge in [0.05, 0.1) is 6.54 Å². The summed E-state index contributed by atoms with van der Waals surface area (Å²) in [5.41, 5.74) is 6.21. The van der Waals surface area contributed by atoms with Gasteiger partial charge in [-0.15, -0.1) is 0 Å². The lowest BCUT2D eigenvalue weighted by molar-refractivity contribution is 0.346. The first kappa shape index (κ1) is 9.99. The molecule has 1 aromatic carbocycles. The molecule has 0 spiro atoms. The van der Waals surface area contributed by atoms with Crippen molar-refractivity contribution in [3.8, 4) is 0 Å². The van der Waals surface area contributed by atoms with E-state index >= 15 is 0 Å². The second-order valence-electron chi connectivity index (χ2n) is 3.05. The van der Waals surface area contributed by atoms with E-state index < -0.39 is 6.17 Å². The van der Waals surface area contributed by atoms with E-state index in [1.165, 1.54) is 0 Å². The van der Waals surface area contributed by atoms with Gasteiger partial charge in [0, 0.05) is 19.3 Å². The van der Waals surface area contributed by atoms with Crippen molar-refractivity contribution in [1.82, 2.24) is 0 Å². The van der Waals surface area contributed by atoms with E-state index in [1.807, 2.05) is 42.3 Å². The number of nitrogens with two attached hydrogens (primary N) is 1. The summed E-state index contributed by atoms with van der Waals surface area (Å²) in [6, 6.07) is 9.70. The Labute approximate surface area is 78.2 Å². The molecule has 0 bridgehead atoms. The average molecular weight is 182 g/mol. The second-order valence-corrected chi connectivity index (χ2v) is 3.05. The van der Waals surface area contributed by atoms with E-state index in [0.29, 0.717) is 6.54 Å². The predicted molar refractivity (Wildman–Crippen MR) is 53.7 cm³/mol. The molecule has 2 N–H and O–H groups in total. The Morgan fingerprint density at radius 3 is 2.54 bits per heavy atom. The minimum atomic E-state index is -0.954. The summed E-state index contributed by atoms with van der Waals surface area (Å²) >= 11 is 0. The van der Waals surface area contributed by atoms with Gasteiger partial charge in [0.15, 0.2) is 0 Å². The van der Waals surface area contributed by atoms with Crippen LogP contribution in [0, 0.1) is 0 Å². The highest BCUT2D eigenvalue weighted by Gasteiger charge is 2.07. The highest BCUT2D eigenvalue weighted by atomic mass is 19.1. The maximum atomic E-state index is 12.9. The summed E-state index contributed by atoms with van der Waals surface area (Å²) in [4.78, 5) is 1.86. The topological polar surface area (TPSA) is 29.3 Å². The molecule has 0 aliphatic heterocycles. The number of rotatable bonds is 4. The molecule has 72 valence electrons. The third-order valence-corrected chi connectivity index (χ3v) is 1.92. The normalized spacial score (nSPS) is 12.5. The fourth-order valence-corrected chi connectivity index (χ4v) is 1.16. The molecule has 13 heavy (non-hydrogen) atoms. The van der Waals surface area contributed by atoms with Crippen molar-refractivity contribution in [2.45, 2.75) is 6.17 Å². The summed E-state index contributed by atoms with van der Waals surface area (Å²) in [5, 5.41) is 0. The Morgan fingerprint density at radius 1 is 1.38 bits per heavy atom. The van der Waals surface area contributed by atoms with E-state index in [2.05, 4.69) is 0 Å². The van der Waals surface area contributed by atoms with Crippen molar-refractivity contribution < 1.29 is 4.39 Å². The summed E-state index contributed by atoms with van der Waals surface area (Å²) in [6.07, 6.45) is -0.954.